The first-order valence-corrected chi connectivity index (χ1v) is 11.8. The van der Waals surface area contributed by atoms with E-state index in [1.807, 2.05) is 0 Å². The lowest BCUT2D eigenvalue weighted by Gasteiger charge is -2.36. The molecule has 206 valence electrons. The molecular formula is C27H20F5N5O3. The molecule has 0 spiro atoms. The van der Waals surface area contributed by atoms with Crippen LogP contribution in [-0.2, 0) is 17.5 Å². The number of carbonyl (C=O) groups excluding carboxylic acids is 2. The summed E-state index contributed by atoms with van der Waals surface area (Å²) in [5.41, 5.74) is 4.72. The topological polar surface area (TPSA) is 123 Å². The molecule has 1 aliphatic rings. The van der Waals surface area contributed by atoms with Gasteiger partial charge in [0.25, 0.3) is 5.92 Å². The summed E-state index contributed by atoms with van der Waals surface area (Å²) in [5, 5.41) is 5.01. The molecule has 8 nitrogen and oxygen atoms in total. The summed E-state index contributed by atoms with van der Waals surface area (Å²) < 4.78 is 74.3. The first kappa shape index (κ1) is 26.9. The molecule has 4 N–H and O–H groups in total. The first-order valence-electron chi connectivity index (χ1n) is 11.8. The number of nitrogen functional groups attached to an aromatic ring is 1. The number of Topliss-reactive ketones (excluding diaryl/α,β-unsaturated/α-hetero) is 1. The van der Waals surface area contributed by atoms with E-state index in [0.29, 0.717) is 11.4 Å². The molecule has 1 aromatic carbocycles. The van der Waals surface area contributed by atoms with Crippen molar-refractivity contribution in [1.29, 1.82) is 0 Å². The number of amides is 1. The molecular weight excluding hydrogens is 537 g/mol. The van der Waals surface area contributed by atoms with E-state index in [2.05, 4.69) is 20.6 Å². The number of carbonyl (C=O) groups is 2. The van der Waals surface area contributed by atoms with Crippen molar-refractivity contribution < 1.29 is 36.0 Å². The van der Waals surface area contributed by atoms with Gasteiger partial charge in [-0.1, -0.05) is 0 Å². The van der Waals surface area contributed by atoms with Crippen molar-refractivity contribution in [3.63, 3.8) is 0 Å². The second-order valence-corrected chi connectivity index (χ2v) is 9.09. The number of fused-ring (bicyclic) bond motifs is 1. The lowest BCUT2D eigenvalue weighted by atomic mass is 9.93. The third kappa shape index (κ3) is 5.54. The monoisotopic (exact) mass is 557 g/mol. The van der Waals surface area contributed by atoms with Crippen LogP contribution in [-0.4, -0.2) is 40.2 Å². The summed E-state index contributed by atoms with van der Waals surface area (Å²) in [7, 11) is 0. The van der Waals surface area contributed by atoms with E-state index in [0.717, 1.165) is 12.3 Å². The van der Waals surface area contributed by atoms with Crippen LogP contribution in [0.2, 0.25) is 0 Å². The lowest BCUT2D eigenvalue weighted by Crippen LogP contribution is -2.66. The quantitative estimate of drug-likeness (QED) is 0.172. The molecule has 40 heavy (non-hydrogen) atoms. The fourth-order valence-corrected chi connectivity index (χ4v) is 4.09. The Balaban J connectivity index is 1.36. The minimum absolute atomic E-state index is 0.0716. The molecule has 0 radical (unpaired) electrons. The van der Waals surface area contributed by atoms with E-state index in [1.165, 1.54) is 42.6 Å². The van der Waals surface area contributed by atoms with Gasteiger partial charge in [-0.15, -0.1) is 0 Å². The number of anilines is 1. The Labute approximate surface area is 223 Å². The van der Waals surface area contributed by atoms with Crippen molar-refractivity contribution >= 4 is 34.6 Å². The van der Waals surface area contributed by atoms with Crippen molar-refractivity contribution in [3.05, 3.63) is 83.4 Å². The molecule has 5 rings (SSSR count). The molecule has 0 bridgehead atoms. The maximum atomic E-state index is 13.9. The van der Waals surface area contributed by atoms with Crippen LogP contribution in [0.5, 0.6) is 0 Å². The number of aromatic nitrogens is 2. The van der Waals surface area contributed by atoms with Crippen molar-refractivity contribution in [1.82, 2.24) is 20.6 Å². The van der Waals surface area contributed by atoms with Gasteiger partial charge in [-0.25, -0.2) is 13.8 Å². The zero-order valence-electron chi connectivity index (χ0n) is 20.4. The molecule has 1 atom stereocenters. The number of hydrogen-bond donors (Lipinski definition) is 3. The van der Waals surface area contributed by atoms with Gasteiger partial charge in [0.1, 0.15) is 23.2 Å². The molecule has 0 aliphatic carbocycles. The number of hydrogen-bond acceptors (Lipinski definition) is 7. The third-order valence-corrected chi connectivity index (χ3v) is 6.22. The van der Waals surface area contributed by atoms with Crippen molar-refractivity contribution in [2.24, 2.45) is 0 Å². The molecule has 4 aromatic rings. The second-order valence-electron chi connectivity index (χ2n) is 9.09. The number of benzene rings is 1. The van der Waals surface area contributed by atoms with Gasteiger partial charge in [-0.2, -0.15) is 13.2 Å². The molecule has 1 amide bonds. The summed E-state index contributed by atoms with van der Waals surface area (Å²) in [4.78, 5) is 32.4. The summed E-state index contributed by atoms with van der Waals surface area (Å²) >= 11 is 0. The maximum Gasteiger partial charge on any atom is 0.420 e. The molecule has 13 heteroatoms. The number of nitrogens with two attached hydrogens (primary N) is 1. The van der Waals surface area contributed by atoms with Gasteiger partial charge in [0.2, 0.25) is 5.91 Å². The van der Waals surface area contributed by atoms with Crippen LogP contribution in [0.3, 0.4) is 0 Å². The van der Waals surface area contributed by atoms with Crippen LogP contribution >= 0.6 is 0 Å². The Bertz CT molecular complexity index is 1610. The summed E-state index contributed by atoms with van der Waals surface area (Å²) in [6.07, 6.45) is 0.472. The van der Waals surface area contributed by atoms with Crippen LogP contribution in [0.15, 0.2) is 65.4 Å². The average molecular weight is 557 g/mol. The molecule has 1 fully saturated rings. The largest absolute Gasteiger partial charge is 0.459 e. The minimum atomic E-state index is -4.78. The van der Waals surface area contributed by atoms with Crippen LogP contribution in [0.1, 0.15) is 27.2 Å². The number of furan rings is 1. The van der Waals surface area contributed by atoms with Gasteiger partial charge in [0.15, 0.2) is 5.78 Å². The van der Waals surface area contributed by atoms with Gasteiger partial charge >= 0.3 is 6.18 Å². The SMILES string of the molecule is Nc1ccc(/C=C/C(=O)NCc2cc3cc(-c4ccc(C(=O)C5NCC5(F)F)cn4)cc(C(F)(F)F)c3o2)cn1. The van der Waals surface area contributed by atoms with Crippen molar-refractivity contribution in [3.8, 4) is 11.3 Å². The Kier molecular flexibility index (Phi) is 6.84. The van der Waals surface area contributed by atoms with E-state index in [4.69, 9.17) is 10.2 Å². The number of nitrogens with zero attached hydrogens (tertiary/aromatic N) is 2. The Morgan fingerprint density at radius 2 is 1.93 bits per heavy atom. The summed E-state index contributed by atoms with van der Waals surface area (Å²) in [6.45, 7) is -0.789. The molecule has 1 saturated heterocycles. The molecule has 0 saturated carbocycles. The van der Waals surface area contributed by atoms with E-state index in [-0.39, 0.29) is 34.5 Å². The second kappa shape index (κ2) is 10.2. The molecule has 4 heterocycles. The normalized spacial score (nSPS) is 16.7. The summed E-state index contributed by atoms with van der Waals surface area (Å²) in [6, 6.07) is 7.72. The average Bonchev–Trinajstić information content (AvgIpc) is 3.33. The van der Waals surface area contributed by atoms with Crippen LogP contribution in [0.25, 0.3) is 28.3 Å². The fourth-order valence-electron chi connectivity index (χ4n) is 4.09. The number of nitrogens with one attached hydrogen (secondary N) is 2. The van der Waals surface area contributed by atoms with E-state index in [1.54, 1.807) is 12.1 Å². The zero-order valence-corrected chi connectivity index (χ0v) is 20.4. The fraction of sp³-hybridized carbons (Fsp3) is 0.185. The smallest absolute Gasteiger partial charge is 0.420 e. The Morgan fingerprint density at radius 3 is 2.52 bits per heavy atom. The predicted molar refractivity (Wildman–Crippen MR) is 135 cm³/mol. The van der Waals surface area contributed by atoms with E-state index >= 15 is 0 Å². The number of pyridine rings is 2. The van der Waals surface area contributed by atoms with Crippen molar-refractivity contribution in [2.45, 2.75) is 24.7 Å². The standard InChI is InChI=1S/C27H20F5N5O3/c28-26(29)13-37-25(26)23(39)15-3-4-20(34-11-15)16-7-17-8-18(40-24(17)19(9-16)27(30,31)32)12-36-22(38)6-2-14-1-5-21(33)35-10-14/h1-11,25,37H,12-13H2,(H2,33,35)(H,36,38)/b6-2+. The third-order valence-electron chi connectivity index (χ3n) is 6.22. The molecule has 1 aliphatic heterocycles. The van der Waals surface area contributed by atoms with Crippen LogP contribution < -0.4 is 16.4 Å². The van der Waals surface area contributed by atoms with E-state index in [9.17, 15) is 31.5 Å². The highest BCUT2D eigenvalue weighted by atomic mass is 19.4. The van der Waals surface area contributed by atoms with Gasteiger partial charge in [-0.05, 0) is 54.1 Å². The van der Waals surface area contributed by atoms with Crippen LogP contribution in [0.4, 0.5) is 27.8 Å². The number of rotatable bonds is 7. The Morgan fingerprint density at radius 1 is 1.12 bits per heavy atom. The van der Waals surface area contributed by atoms with Gasteiger partial charge < -0.3 is 15.5 Å². The van der Waals surface area contributed by atoms with E-state index < -0.39 is 47.5 Å². The van der Waals surface area contributed by atoms with Gasteiger partial charge in [-0.3, -0.25) is 19.9 Å². The number of alkyl halides is 5. The number of halogens is 5. The number of ketones is 1. The lowest BCUT2D eigenvalue weighted by molar-refractivity contribution is -0.136. The van der Waals surface area contributed by atoms with Gasteiger partial charge in [0.05, 0.1) is 24.3 Å². The predicted octanol–water partition coefficient (Wildman–Crippen LogP) is 4.61. The zero-order chi connectivity index (χ0) is 28.7. The minimum Gasteiger partial charge on any atom is -0.459 e. The van der Waals surface area contributed by atoms with Gasteiger partial charge in [0, 0.05) is 35.0 Å². The highest BCUT2D eigenvalue weighted by molar-refractivity contribution is 6.01. The summed E-state index contributed by atoms with van der Waals surface area (Å²) in [5.74, 6) is -4.14. The van der Waals surface area contributed by atoms with Crippen LogP contribution in [0, 0.1) is 0 Å². The van der Waals surface area contributed by atoms with Crippen molar-refractivity contribution in [2.75, 3.05) is 12.3 Å². The molecule has 1 unspecified atom stereocenters. The maximum absolute atomic E-state index is 13.9. The molecule has 3 aromatic heterocycles. The highest BCUT2D eigenvalue weighted by Crippen LogP contribution is 2.39. The first-order chi connectivity index (χ1) is 18.9. The Hall–Kier alpha value is -4.65. The highest BCUT2D eigenvalue weighted by Gasteiger charge is 2.52.